The first kappa shape index (κ1) is 23.8. The molecule has 0 radical (unpaired) electrons. The highest BCUT2D eigenvalue weighted by molar-refractivity contribution is 6.51. The summed E-state index contributed by atoms with van der Waals surface area (Å²) in [5.74, 6) is -1.53. The maximum atomic E-state index is 13.4. The Kier molecular flexibility index (Phi) is 6.33. The van der Waals surface area contributed by atoms with Crippen LogP contribution in [0.15, 0.2) is 72.6 Å². The van der Waals surface area contributed by atoms with Gasteiger partial charge in [-0.1, -0.05) is 23.8 Å². The summed E-state index contributed by atoms with van der Waals surface area (Å²) in [6.45, 7) is 7.67. The Labute approximate surface area is 211 Å². The van der Waals surface area contributed by atoms with Gasteiger partial charge >= 0.3 is 0 Å². The maximum Gasteiger partial charge on any atom is 0.300 e. The molecule has 1 N–H and O–H groups in total. The molecule has 1 aromatic heterocycles. The number of anilines is 2. The summed E-state index contributed by atoms with van der Waals surface area (Å²) >= 11 is 0. The zero-order chi connectivity index (χ0) is 25.4. The molecule has 0 aliphatic carbocycles. The van der Waals surface area contributed by atoms with E-state index in [-0.39, 0.29) is 11.3 Å². The van der Waals surface area contributed by atoms with Crippen molar-refractivity contribution in [2.24, 2.45) is 0 Å². The number of aliphatic hydroxyl groups excluding tert-OH is 1. The van der Waals surface area contributed by atoms with Crippen LogP contribution in [0.1, 0.15) is 28.3 Å². The minimum Gasteiger partial charge on any atom is -0.507 e. The van der Waals surface area contributed by atoms with E-state index in [2.05, 4.69) is 21.8 Å². The third-order valence-corrected chi connectivity index (χ3v) is 7.09. The van der Waals surface area contributed by atoms with Crippen LogP contribution in [-0.2, 0) is 9.59 Å². The van der Waals surface area contributed by atoms with E-state index in [0.29, 0.717) is 16.8 Å². The van der Waals surface area contributed by atoms with Crippen molar-refractivity contribution in [3.63, 3.8) is 0 Å². The Bertz CT molecular complexity index is 1330. The van der Waals surface area contributed by atoms with Crippen molar-refractivity contribution in [3.05, 3.63) is 94.8 Å². The number of likely N-dealkylation sites (N-methyl/N-ethyl adjacent to an activating group) is 1. The summed E-state index contributed by atoms with van der Waals surface area (Å²) in [6, 6.07) is 16.2. The molecule has 36 heavy (non-hydrogen) atoms. The molecule has 2 aliphatic heterocycles. The van der Waals surface area contributed by atoms with Gasteiger partial charge in [0.1, 0.15) is 5.76 Å². The molecule has 1 amide bonds. The van der Waals surface area contributed by atoms with E-state index in [9.17, 15) is 14.7 Å². The number of pyridine rings is 1. The Balaban J connectivity index is 1.59. The second-order valence-electron chi connectivity index (χ2n) is 9.58. The van der Waals surface area contributed by atoms with Crippen molar-refractivity contribution < 1.29 is 14.7 Å². The molecule has 0 saturated carbocycles. The van der Waals surface area contributed by atoms with E-state index in [0.717, 1.165) is 43.0 Å². The number of nitrogens with zero attached hydrogens (tertiary/aromatic N) is 4. The summed E-state index contributed by atoms with van der Waals surface area (Å²) in [5, 5.41) is 11.4. The van der Waals surface area contributed by atoms with Crippen LogP contribution in [0, 0.1) is 13.8 Å². The lowest BCUT2D eigenvalue weighted by molar-refractivity contribution is -0.132. The average molecular weight is 483 g/mol. The Morgan fingerprint density at radius 3 is 2.31 bits per heavy atom. The van der Waals surface area contributed by atoms with Gasteiger partial charge in [0.05, 0.1) is 11.6 Å². The molecule has 7 heteroatoms. The summed E-state index contributed by atoms with van der Waals surface area (Å²) < 4.78 is 0. The molecule has 184 valence electrons. The smallest absolute Gasteiger partial charge is 0.300 e. The van der Waals surface area contributed by atoms with E-state index >= 15 is 0 Å². The maximum absolute atomic E-state index is 13.4. The summed E-state index contributed by atoms with van der Waals surface area (Å²) in [5.41, 5.74) is 4.74. The fourth-order valence-corrected chi connectivity index (χ4v) is 4.98. The molecule has 1 unspecified atom stereocenters. The van der Waals surface area contributed by atoms with Crippen LogP contribution < -0.4 is 9.80 Å². The molecule has 1 atom stereocenters. The quantitative estimate of drug-likeness (QED) is 0.343. The number of ketones is 1. The Hall–Kier alpha value is -3.97. The second kappa shape index (κ2) is 9.59. The van der Waals surface area contributed by atoms with Crippen LogP contribution in [-0.4, -0.2) is 59.9 Å². The molecule has 3 heterocycles. The SMILES string of the molecule is Cc1ccc(C)c(/C(O)=C2\C(=O)C(=O)N(c3ccc(N4CCN(C)CC4)cc3)C2c2cccnc2)c1. The van der Waals surface area contributed by atoms with Gasteiger partial charge in [0.2, 0.25) is 0 Å². The summed E-state index contributed by atoms with van der Waals surface area (Å²) in [7, 11) is 2.12. The predicted molar refractivity (Wildman–Crippen MR) is 141 cm³/mol. The molecular formula is C29H30N4O3. The monoisotopic (exact) mass is 482 g/mol. The highest BCUT2D eigenvalue weighted by Crippen LogP contribution is 2.42. The number of benzene rings is 2. The number of aryl methyl sites for hydroxylation is 2. The number of rotatable bonds is 4. The summed E-state index contributed by atoms with van der Waals surface area (Å²) in [6.07, 6.45) is 3.28. The van der Waals surface area contributed by atoms with Gasteiger partial charge in [-0.05, 0) is 68.4 Å². The van der Waals surface area contributed by atoms with Gasteiger partial charge in [0.15, 0.2) is 0 Å². The fourth-order valence-electron chi connectivity index (χ4n) is 4.98. The molecule has 5 rings (SSSR count). The van der Waals surface area contributed by atoms with Gasteiger partial charge in [-0.2, -0.15) is 0 Å². The number of hydrogen-bond acceptors (Lipinski definition) is 6. The second-order valence-corrected chi connectivity index (χ2v) is 9.58. The van der Waals surface area contributed by atoms with Crippen LogP contribution >= 0.6 is 0 Å². The van der Waals surface area contributed by atoms with Crippen molar-refractivity contribution in [2.75, 3.05) is 43.0 Å². The number of carbonyl (C=O) groups is 2. The molecule has 0 bridgehead atoms. The van der Waals surface area contributed by atoms with E-state index in [4.69, 9.17) is 0 Å². The zero-order valence-electron chi connectivity index (χ0n) is 20.8. The van der Waals surface area contributed by atoms with E-state index in [1.165, 1.54) is 4.90 Å². The fraction of sp³-hybridized carbons (Fsp3) is 0.276. The van der Waals surface area contributed by atoms with Crippen molar-refractivity contribution in [2.45, 2.75) is 19.9 Å². The van der Waals surface area contributed by atoms with Gasteiger partial charge in [-0.25, -0.2) is 0 Å². The van der Waals surface area contributed by atoms with Crippen molar-refractivity contribution >= 4 is 28.8 Å². The molecule has 2 saturated heterocycles. The number of piperazine rings is 1. The standard InChI is InChI=1S/C29H30N4O3/c1-19-6-7-20(2)24(17-19)27(34)25-26(21-5-4-12-30-18-21)33(29(36)28(25)35)23-10-8-22(9-11-23)32-15-13-31(3)14-16-32/h4-12,17-18,26,34H,13-16H2,1-3H3/b27-25+. The average Bonchev–Trinajstić information content (AvgIpc) is 3.16. The molecule has 2 fully saturated rings. The van der Waals surface area contributed by atoms with Crippen LogP contribution in [0.2, 0.25) is 0 Å². The number of Topliss-reactive ketones (excluding diaryl/α,β-unsaturated/α-hetero) is 1. The molecular weight excluding hydrogens is 452 g/mol. The van der Waals surface area contributed by atoms with Crippen LogP contribution in [0.5, 0.6) is 0 Å². The largest absolute Gasteiger partial charge is 0.507 e. The summed E-state index contributed by atoms with van der Waals surface area (Å²) in [4.78, 5) is 37.1. The predicted octanol–water partition coefficient (Wildman–Crippen LogP) is 4.08. The molecule has 0 spiro atoms. The number of carbonyl (C=O) groups excluding carboxylic acids is 2. The Morgan fingerprint density at radius 1 is 0.944 bits per heavy atom. The third kappa shape index (κ3) is 4.27. The highest BCUT2D eigenvalue weighted by Gasteiger charge is 2.47. The topological polar surface area (TPSA) is 77.0 Å². The normalized spacial score (nSPS) is 20.2. The van der Waals surface area contributed by atoms with Gasteiger partial charge in [0.25, 0.3) is 11.7 Å². The van der Waals surface area contributed by atoms with Gasteiger partial charge in [-0.15, -0.1) is 0 Å². The van der Waals surface area contributed by atoms with E-state index in [1.807, 2.05) is 62.4 Å². The highest BCUT2D eigenvalue weighted by atomic mass is 16.3. The lowest BCUT2D eigenvalue weighted by Crippen LogP contribution is -2.44. The molecule has 7 nitrogen and oxygen atoms in total. The van der Waals surface area contributed by atoms with Crippen molar-refractivity contribution in [1.82, 2.24) is 9.88 Å². The van der Waals surface area contributed by atoms with Gasteiger partial charge in [0, 0.05) is 55.5 Å². The van der Waals surface area contributed by atoms with Crippen molar-refractivity contribution in [1.29, 1.82) is 0 Å². The molecule has 2 aromatic carbocycles. The number of aliphatic hydroxyl groups is 1. The minimum absolute atomic E-state index is 0.0739. The minimum atomic E-state index is -0.784. The Morgan fingerprint density at radius 2 is 1.64 bits per heavy atom. The lowest BCUT2D eigenvalue weighted by Gasteiger charge is -2.34. The lowest BCUT2D eigenvalue weighted by atomic mass is 9.94. The first-order valence-corrected chi connectivity index (χ1v) is 12.2. The van der Waals surface area contributed by atoms with Crippen LogP contribution in [0.25, 0.3) is 5.76 Å². The van der Waals surface area contributed by atoms with Crippen molar-refractivity contribution in [3.8, 4) is 0 Å². The van der Waals surface area contributed by atoms with Crippen LogP contribution in [0.3, 0.4) is 0 Å². The van der Waals surface area contributed by atoms with Crippen LogP contribution in [0.4, 0.5) is 11.4 Å². The number of hydrogen-bond donors (Lipinski definition) is 1. The zero-order valence-corrected chi connectivity index (χ0v) is 20.8. The molecule has 2 aliphatic rings. The van der Waals surface area contributed by atoms with Gasteiger partial charge in [-0.3, -0.25) is 19.5 Å². The first-order valence-electron chi connectivity index (χ1n) is 12.2. The van der Waals surface area contributed by atoms with E-state index in [1.54, 1.807) is 18.5 Å². The number of amides is 1. The first-order chi connectivity index (χ1) is 17.3. The van der Waals surface area contributed by atoms with Gasteiger partial charge < -0.3 is 14.9 Å². The third-order valence-electron chi connectivity index (χ3n) is 7.09. The van der Waals surface area contributed by atoms with E-state index < -0.39 is 17.7 Å². The molecule has 3 aromatic rings. The number of aromatic nitrogens is 1.